The summed E-state index contributed by atoms with van der Waals surface area (Å²) >= 11 is 0. The number of nitrogens with zero attached hydrogens (tertiary/aromatic N) is 2. The summed E-state index contributed by atoms with van der Waals surface area (Å²) in [5.41, 5.74) is 1.48. The van der Waals surface area contributed by atoms with Crippen LogP contribution in [-0.4, -0.2) is 37.0 Å². The van der Waals surface area contributed by atoms with Gasteiger partial charge in [-0.3, -0.25) is 5.01 Å². The van der Waals surface area contributed by atoms with Crippen molar-refractivity contribution in [2.24, 2.45) is 11.0 Å². The molecule has 1 saturated carbocycles. The standard InChI is InChI=1S/C15H28N2O/c1-3-7-13-8-4-5-10-15(13)16-17-11-6-9-14(17)12-18-2/h13-14H,3-12H2,1-2H3. The Kier molecular flexibility index (Phi) is 5.48. The van der Waals surface area contributed by atoms with Crippen LogP contribution in [-0.2, 0) is 4.74 Å². The smallest absolute Gasteiger partial charge is 0.0704 e. The Morgan fingerprint density at radius 2 is 2.17 bits per heavy atom. The topological polar surface area (TPSA) is 24.8 Å². The van der Waals surface area contributed by atoms with Crippen LogP contribution >= 0.6 is 0 Å². The molecule has 1 saturated heterocycles. The van der Waals surface area contributed by atoms with E-state index in [0.717, 1.165) is 19.1 Å². The van der Waals surface area contributed by atoms with E-state index in [2.05, 4.69) is 11.9 Å². The minimum absolute atomic E-state index is 0.520. The zero-order valence-electron chi connectivity index (χ0n) is 12.0. The van der Waals surface area contributed by atoms with Gasteiger partial charge < -0.3 is 4.74 Å². The molecule has 104 valence electrons. The summed E-state index contributed by atoms with van der Waals surface area (Å²) in [5.74, 6) is 0.757. The van der Waals surface area contributed by atoms with Crippen LogP contribution in [0.5, 0.6) is 0 Å². The van der Waals surface area contributed by atoms with Gasteiger partial charge in [-0.1, -0.05) is 19.8 Å². The molecule has 3 nitrogen and oxygen atoms in total. The SMILES string of the molecule is CCCC1CCCCC1=NN1CCCC1COC. The van der Waals surface area contributed by atoms with E-state index in [1.807, 2.05) is 0 Å². The predicted molar refractivity (Wildman–Crippen MR) is 75.9 cm³/mol. The lowest BCUT2D eigenvalue weighted by Gasteiger charge is -2.28. The highest BCUT2D eigenvalue weighted by Gasteiger charge is 2.26. The second kappa shape index (κ2) is 7.13. The molecule has 2 atom stereocenters. The van der Waals surface area contributed by atoms with Gasteiger partial charge in [-0.15, -0.1) is 0 Å². The highest BCUT2D eigenvalue weighted by Crippen LogP contribution is 2.27. The average molecular weight is 252 g/mol. The Bertz CT molecular complexity index is 276. The van der Waals surface area contributed by atoms with Crippen LogP contribution in [0, 0.1) is 5.92 Å². The van der Waals surface area contributed by atoms with Crippen molar-refractivity contribution >= 4 is 5.71 Å². The molecule has 18 heavy (non-hydrogen) atoms. The number of methoxy groups -OCH3 is 1. The second-order valence-electron chi connectivity index (χ2n) is 5.74. The van der Waals surface area contributed by atoms with Crippen LogP contribution < -0.4 is 0 Å². The van der Waals surface area contributed by atoms with E-state index in [4.69, 9.17) is 9.84 Å². The molecular formula is C15H28N2O. The van der Waals surface area contributed by atoms with Gasteiger partial charge in [0.2, 0.25) is 0 Å². The maximum absolute atomic E-state index is 5.31. The van der Waals surface area contributed by atoms with Gasteiger partial charge in [-0.2, -0.15) is 5.10 Å². The quantitative estimate of drug-likeness (QED) is 0.748. The van der Waals surface area contributed by atoms with Gasteiger partial charge in [0.25, 0.3) is 0 Å². The molecular weight excluding hydrogens is 224 g/mol. The monoisotopic (exact) mass is 252 g/mol. The second-order valence-corrected chi connectivity index (χ2v) is 5.74. The third kappa shape index (κ3) is 3.47. The summed E-state index contributed by atoms with van der Waals surface area (Å²) in [6.45, 7) is 4.24. The van der Waals surface area contributed by atoms with Crippen molar-refractivity contribution in [1.82, 2.24) is 5.01 Å². The van der Waals surface area contributed by atoms with Gasteiger partial charge in [0.15, 0.2) is 0 Å². The molecule has 0 aromatic carbocycles. The van der Waals surface area contributed by atoms with E-state index in [9.17, 15) is 0 Å². The molecule has 0 aromatic heterocycles. The molecule has 0 N–H and O–H groups in total. The van der Waals surface area contributed by atoms with Crippen molar-refractivity contribution in [3.63, 3.8) is 0 Å². The first-order chi connectivity index (χ1) is 8.85. The molecule has 3 heteroatoms. The van der Waals surface area contributed by atoms with Crippen LogP contribution in [0.2, 0.25) is 0 Å². The van der Waals surface area contributed by atoms with Crippen molar-refractivity contribution in [3.05, 3.63) is 0 Å². The van der Waals surface area contributed by atoms with Gasteiger partial charge >= 0.3 is 0 Å². The van der Waals surface area contributed by atoms with Crippen molar-refractivity contribution in [1.29, 1.82) is 0 Å². The summed E-state index contributed by atoms with van der Waals surface area (Å²) in [5, 5.41) is 7.32. The Balaban J connectivity index is 1.99. The fourth-order valence-electron chi connectivity index (χ4n) is 3.34. The Labute approximate surface area is 112 Å². The highest BCUT2D eigenvalue weighted by molar-refractivity contribution is 5.87. The summed E-state index contributed by atoms with van der Waals surface area (Å²) in [6, 6.07) is 0.520. The summed E-state index contributed by atoms with van der Waals surface area (Å²) < 4.78 is 5.31. The molecule has 1 heterocycles. The van der Waals surface area contributed by atoms with Gasteiger partial charge in [0.1, 0.15) is 0 Å². The molecule has 2 unspecified atom stereocenters. The van der Waals surface area contributed by atoms with Crippen molar-refractivity contribution in [3.8, 4) is 0 Å². The third-order valence-electron chi connectivity index (χ3n) is 4.31. The fraction of sp³-hybridized carbons (Fsp3) is 0.933. The Hall–Kier alpha value is -0.570. The van der Waals surface area contributed by atoms with E-state index in [1.54, 1.807) is 7.11 Å². The van der Waals surface area contributed by atoms with E-state index < -0.39 is 0 Å². The van der Waals surface area contributed by atoms with Crippen LogP contribution in [0.4, 0.5) is 0 Å². The highest BCUT2D eigenvalue weighted by atomic mass is 16.5. The summed E-state index contributed by atoms with van der Waals surface area (Å²) in [6.07, 6.45) is 10.4. The molecule has 1 aliphatic heterocycles. The van der Waals surface area contributed by atoms with Crippen LogP contribution in [0.25, 0.3) is 0 Å². The van der Waals surface area contributed by atoms with E-state index in [0.29, 0.717) is 6.04 Å². The molecule has 0 aromatic rings. The number of rotatable bonds is 5. The van der Waals surface area contributed by atoms with Gasteiger partial charge in [0.05, 0.1) is 12.6 Å². The molecule has 0 spiro atoms. The molecule has 2 aliphatic rings. The van der Waals surface area contributed by atoms with Crippen molar-refractivity contribution in [2.75, 3.05) is 20.3 Å². The predicted octanol–water partition coefficient (Wildman–Crippen LogP) is 3.44. The average Bonchev–Trinajstić information content (AvgIpc) is 2.80. The van der Waals surface area contributed by atoms with E-state index in [-0.39, 0.29) is 0 Å². The lowest BCUT2D eigenvalue weighted by Crippen LogP contribution is -2.31. The van der Waals surface area contributed by atoms with Gasteiger partial charge in [-0.25, -0.2) is 0 Å². The molecule has 2 fully saturated rings. The first kappa shape index (κ1) is 13.9. The van der Waals surface area contributed by atoms with Crippen molar-refractivity contribution < 1.29 is 4.74 Å². The molecule has 2 rings (SSSR count). The summed E-state index contributed by atoms with van der Waals surface area (Å²) in [4.78, 5) is 0. The third-order valence-corrected chi connectivity index (χ3v) is 4.31. The van der Waals surface area contributed by atoms with Crippen LogP contribution in [0.3, 0.4) is 0 Å². The molecule has 1 aliphatic carbocycles. The van der Waals surface area contributed by atoms with Crippen LogP contribution in [0.15, 0.2) is 5.10 Å². The van der Waals surface area contributed by atoms with E-state index >= 15 is 0 Å². The van der Waals surface area contributed by atoms with Gasteiger partial charge in [-0.05, 0) is 44.4 Å². The lowest BCUT2D eigenvalue weighted by atomic mass is 9.84. The van der Waals surface area contributed by atoms with E-state index in [1.165, 1.54) is 57.1 Å². The largest absolute Gasteiger partial charge is 0.382 e. The number of hydrazone groups is 1. The van der Waals surface area contributed by atoms with Crippen molar-refractivity contribution in [2.45, 2.75) is 64.3 Å². The zero-order valence-corrected chi connectivity index (χ0v) is 12.0. The number of hydrogen-bond donors (Lipinski definition) is 0. The molecule has 0 radical (unpaired) electrons. The minimum Gasteiger partial charge on any atom is -0.382 e. The first-order valence-electron chi connectivity index (χ1n) is 7.68. The first-order valence-corrected chi connectivity index (χ1v) is 7.68. The Morgan fingerprint density at radius 3 is 2.94 bits per heavy atom. The van der Waals surface area contributed by atoms with Gasteiger partial charge in [0, 0.05) is 19.4 Å². The Morgan fingerprint density at radius 1 is 1.28 bits per heavy atom. The molecule has 0 amide bonds. The summed E-state index contributed by atoms with van der Waals surface area (Å²) in [7, 11) is 1.80. The normalized spacial score (nSPS) is 31.2. The number of hydrogen-bond acceptors (Lipinski definition) is 3. The fourth-order valence-corrected chi connectivity index (χ4v) is 3.34. The maximum atomic E-state index is 5.31. The zero-order chi connectivity index (χ0) is 12.8. The minimum atomic E-state index is 0.520. The number of ether oxygens (including phenoxy) is 1. The maximum Gasteiger partial charge on any atom is 0.0704 e. The molecule has 0 bridgehead atoms. The lowest BCUT2D eigenvalue weighted by molar-refractivity contribution is 0.117. The van der Waals surface area contributed by atoms with Crippen LogP contribution in [0.1, 0.15) is 58.3 Å².